The molecule has 15 heavy (non-hydrogen) atoms. The Kier molecular flexibility index (Phi) is 3.78. The third-order valence-electron chi connectivity index (χ3n) is 2.80. The second kappa shape index (κ2) is 4.92. The lowest BCUT2D eigenvalue weighted by atomic mass is 9.92. The van der Waals surface area contributed by atoms with Gasteiger partial charge in [0.1, 0.15) is 0 Å². The van der Waals surface area contributed by atoms with Gasteiger partial charge in [0.2, 0.25) is 0 Å². The van der Waals surface area contributed by atoms with E-state index in [1.165, 1.54) is 6.42 Å². The molecule has 1 N–H and O–H groups in total. The van der Waals surface area contributed by atoms with Crippen molar-refractivity contribution in [2.24, 2.45) is 0 Å². The second-order valence-electron chi connectivity index (χ2n) is 3.81. The molecule has 2 rings (SSSR count). The highest BCUT2D eigenvalue weighted by Gasteiger charge is 2.19. The molecule has 1 saturated heterocycles. The van der Waals surface area contributed by atoms with Crippen LogP contribution in [0.5, 0.6) is 0 Å². The molecule has 1 atom stereocenters. The third kappa shape index (κ3) is 2.42. The zero-order valence-electron chi connectivity index (χ0n) is 8.19. The zero-order valence-corrected chi connectivity index (χ0v) is 10.5. The van der Waals surface area contributed by atoms with E-state index >= 15 is 0 Å². The summed E-state index contributed by atoms with van der Waals surface area (Å²) in [5, 5.41) is 4.96. The van der Waals surface area contributed by atoms with Gasteiger partial charge in [0.05, 0.1) is 15.1 Å². The van der Waals surface area contributed by atoms with Crippen molar-refractivity contribution in [3.8, 4) is 0 Å². The molecule has 1 aliphatic rings. The summed E-state index contributed by atoms with van der Waals surface area (Å²) in [6, 6.07) is 3.80. The molecular formula is C11H12Cl3N. The summed E-state index contributed by atoms with van der Waals surface area (Å²) in [4.78, 5) is 0. The molecule has 1 aromatic carbocycles. The van der Waals surface area contributed by atoms with Crippen molar-refractivity contribution in [1.29, 1.82) is 0 Å². The van der Waals surface area contributed by atoms with Crippen LogP contribution in [0, 0.1) is 0 Å². The first-order valence-electron chi connectivity index (χ1n) is 5.04. The molecule has 1 heterocycles. The summed E-state index contributed by atoms with van der Waals surface area (Å²) in [5.74, 6) is 0.459. The molecule has 1 aromatic rings. The van der Waals surface area contributed by atoms with Crippen LogP contribution in [0.15, 0.2) is 12.1 Å². The van der Waals surface area contributed by atoms with Crippen molar-refractivity contribution in [2.75, 3.05) is 13.1 Å². The normalized spacial score (nSPS) is 21.7. The van der Waals surface area contributed by atoms with Crippen molar-refractivity contribution in [1.82, 2.24) is 5.32 Å². The summed E-state index contributed by atoms with van der Waals surface area (Å²) in [5.41, 5.74) is 1.11. The van der Waals surface area contributed by atoms with E-state index in [9.17, 15) is 0 Å². The molecule has 0 radical (unpaired) electrons. The molecule has 0 bridgehead atoms. The maximum Gasteiger partial charge on any atom is 0.0781 e. The van der Waals surface area contributed by atoms with Gasteiger partial charge in [0, 0.05) is 6.54 Å². The van der Waals surface area contributed by atoms with E-state index in [-0.39, 0.29) is 0 Å². The molecule has 4 heteroatoms. The minimum absolute atomic E-state index is 0.459. The number of piperidine rings is 1. The van der Waals surface area contributed by atoms with Crippen molar-refractivity contribution in [3.05, 3.63) is 32.8 Å². The topological polar surface area (TPSA) is 12.0 Å². The monoisotopic (exact) mass is 263 g/mol. The minimum atomic E-state index is 0.459. The van der Waals surface area contributed by atoms with Crippen molar-refractivity contribution in [3.63, 3.8) is 0 Å². The van der Waals surface area contributed by atoms with Crippen molar-refractivity contribution >= 4 is 34.8 Å². The van der Waals surface area contributed by atoms with Crippen LogP contribution in [0.25, 0.3) is 0 Å². The lowest BCUT2D eigenvalue weighted by Crippen LogP contribution is -2.28. The second-order valence-corrected chi connectivity index (χ2v) is 4.97. The number of halogens is 3. The van der Waals surface area contributed by atoms with E-state index in [0.29, 0.717) is 21.0 Å². The van der Waals surface area contributed by atoms with Gasteiger partial charge in [0.15, 0.2) is 0 Å². The van der Waals surface area contributed by atoms with Gasteiger partial charge < -0.3 is 5.32 Å². The highest BCUT2D eigenvalue weighted by atomic mass is 35.5. The van der Waals surface area contributed by atoms with E-state index in [0.717, 1.165) is 25.1 Å². The maximum absolute atomic E-state index is 6.19. The Balaban J connectivity index is 2.31. The van der Waals surface area contributed by atoms with Gasteiger partial charge in [-0.3, -0.25) is 0 Å². The van der Waals surface area contributed by atoms with E-state index in [4.69, 9.17) is 34.8 Å². The van der Waals surface area contributed by atoms with Crippen LogP contribution in [0.3, 0.4) is 0 Å². The van der Waals surface area contributed by atoms with Gasteiger partial charge in [-0.15, -0.1) is 0 Å². The molecule has 1 fully saturated rings. The third-order valence-corrected chi connectivity index (χ3v) is 4.11. The van der Waals surface area contributed by atoms with E-state index in [1.807, 2.05) is 12.1 Å². The predicted molar refractivity (Wildman–Crippen MR) is 66.3 cm³/mol. The van der Waals surface area contributed by atoms with Crippen LogP contribution >= 0.6 is 34.8 Å². The summed E-state index contributed by atoms with van der Waals surface area (Å²) < 4.78 is 0. The maximum atomic E-state index is 6.19. The van der Waals surface area contributed by atoms with Gasteiger partial charge in [-0.25, -0.2) is 0 Å². The van der Waals surface area contributed by atoms with Crippen LogP contribution in [0.1, 0.15) is 24.3 Å². The lowest BCUT2D eigenvalue weighted by Gasteiger charge is -2.24. The Morgan fingerprint density at radius 3 is 2.60 bits per heavy atom. The Morgan fingerprint density at radius 2 is 1.93 bits per heavy atom. The molecule has 0 saturated carbocycles. The predicted octanol–water partition coefficient (Wildman–Crippen LogP) is 4.11. The molecular weight excluding hydrogens is 252 g/mol. The Hall–Kier alpha value is 0.0500. The molecule has 0 spiro atoms. The largest absolute Gasteiger partial charge is 0.316 e. The van der Waals surface area contributed by atoms with Crippen LogP contribution in [0.4, 0.5) is 0 Å². The Labute approximate surface area is 105 Å². The van der Waals surface area contributed by atoms with Crippen LogP contribution in [-0.4, -0.2) is 13.1 Å². The molecule has 1 nitrogen and oxygen atoms in total. The Morgan fingerprint density at radius 1 is 1.13 bits per heavy atom. The SMILES string of the molecule is Clc1ccc(C2CCCNC2)c(Cl)c1Cl. The molecule has 82 valence electrons. The first kappa shape index (κ1) is 11.5. The highest BCUT2D eigenvalue weighted by molar-refractivity contribution is 6.48. The summed E-state index contributed by atoms with van der Waals surface area (Å²) in [6.45, 7) is 2.06. The van der Waals surface area contributed by atoms with Gasteiger partial charge in [-0.05, 0) is 36.9 Å². The summed E-state index contributed by atoms with van der Waals surface area (Å²) in [6.07, 6.45) is 2.34. The molecule has 0 aromatic heterocycles. The number of rotatable bonds is 1. The van der Waals surface area contributed by atoms with Crippen LogP contribution in [-0.2, 0) is 0 Å². The van der Waals surface area contributed by atoms with Crippen LogP contribution in [0.2, 0.25) is 15.1 Å². The standard InChI is InChI=1S/C11H12Cl3N/c12-9-4-3-8(10(13)11(9)14)7-2-1-5-15-6-7/h3-4,7,15H,1-2,5-6H2. The van der Waals surface area contributed by atoms with Gasteiger partial charge in [0.25, 0.3) is 0 Å². The number of benzene rings is 1. The van der Waals surface area contributed by atoms with Crippen LogP contribution < -0.4 is 5.32 Å². The fourth-order valence-electron chi connectivity index (χ4n) is 1.97. The van der Waals surface area contributed by atoms with Crippen molar-refractivity contribution < 1.29 is 0 Å². The first-order chi connectivity index (χ1) is 7.20. The average molecular weight is 265 g/mol. The van der Waals surface area contributed by atoms with E-state index in [2.05, 4.69) is 5.32 Å². The summed E-state index contributed by atoms with van der Waals surface area (Å²) >= 11 is 18.1. The van der Waals surface area contributed by atoms with Gasteiger partial charge >= 0.3 is 0 Å². The lowest BCUT2D eigenvalue weighted by molar-refractivity contribution is 0.462. The summed E-state index contributed by atoms with van der Waals surface area (Å²) in [7, 11) is 0. The van der Waals surface area contributed by atoms with Gasteiger partial charge in [-0.2, -0.15) is 0 Å². The number of hydrogen-bond donors (Lipinski definition) is 1. The molecule has 0 amide bonds. The minimum Gasteiger partial charge on any atom is -0.316 e. The van der Waals surface area contributed by atoms with Gasteiger partial charge in [-0.1, -0.05) is 40.9 Å². The molecule has 1 unspecified atom stereocenters. The first-order valence-corrected chi connectivity index (χ1v) is 6.17. The molecule has 0 aliphatic carbocycles. The van der Waals surface area contributed by atoms with Crippen molar-refractivity contribution in [2.45, 2.75) is 18.8 Å². The number of hydrogen-bond acceptors (Lipinski definition) is 1. The fourth-order valence-corrected chi connectivity index (χ4v) is 2.67. The number of nitrogens with one attached hydrogen (secondary N) is 1. The van der Waals surface area contributed by atoms with E-state index < -0.39 is 0 Å². The highest BCUT2D eigenvalue weighted by Crippen LogP contribution is 2.37. The Bertz CT molecular complexity index is 359. The average Bonchev–Trinajstić information content (AvgIpc) is 2.27. The quantitative estimate of drug-likeness (QED) is 0.753. The fraction of sp³-hybridized carbons (Fsp3) is 0.455. The molecule has 1 aliphatic heterocycles. The van der Waals surface area contributed by atoms with E-state index in [1.54, 1.807) is 0 Å². The zero-order chi connectivity index (χ0) is 10.8. The smallest absolute Gasteiger partial charge is 0.0781 e.